The van der Waals surface area contributed by atoms with Crippen molar-refractivity contribution in [2.45, 2.75) is 12.2 Å². The zero-order chi connectivity index (χ0) is 20.5. The first-order valence-corrected chi connectivity index (χ1v) is 10.1. The van der Waals surface area contributed by atoms with Gasteiger partial charge in [0.2, 0.25) is 0 Å². The predicted molar refractivity (Wildman–Crippen MR) is 114 cm³/mol. The van der Waals surface area contributed by atoms with Gasteiger partial charge in [-0.15, -0.1) is 11.7 Å². The van der Waals surface area contributed by atoms with Crippen LogP contribution in [0.3, 0.4) is 0 Å². The molecule has 0 unspecified atom stereocenters. The van der Waals surface area contributed by atoms with Crippen LogP contribution in [0, 0.1) is 10.1 Å². The summed E-state index contributed by atoms with van der Waals surface area (Å²) in [6.07, 6.45) is 1.05. The number of hydrazone groups is 1. The molecule has 0 bridgehead atoms. The number of para-hydroxylation sites is 1. The summed E-state index contributed by atoms with van der Waals surface area (Å²) >= 11 is 7.73. The number of carbonyl (C=O) groups excluding carboxylic acids is 1. The van der Waals surface area contributed by atoms with E-state index in [1.165, 1.54) is 30.0 Å². The molecule has 2 N–H and O–H groups in total. The molecule has 2 aliphatic rings. The minimum atomic E-state index is -0.694. The summed E-state index contributed by atoms with van der Waals surface area (Å²) in [4.78, 5) is 23.8. The molecule has 2 aliphatic heterocycles. The van der Waals surface area contributed by atoms with Gasteiger partial charge in [0.25, 0.3) is 11.6 Å². The number of anilines is 1. The Morgan fingerprint density at radius 3 is 2.86 bits per heavy atom. The van der Waals surface area contributed by atoms with Crippen molar-refractivity contribution in [3.8, 4) is 0 Å². The Bertz CT molecular complexity index is 1040. The minimum absolute atomic E-state index is 0.0895. The topological polar surface area (TPSA) is 99.9 Å². The summed E-state index contributed by atoms with van der Waals surface area (Å²) in [7, 11) is 0. The van der Waals surface area contributed by atoms with Crippen LogP contribution < -0.4 is 10.6 Å². The van der Waals surface area contributed by atoms with E-state index in [0.29, 0.717) is 21.5 Å². The molecule has 4 rings (SSSR count). The van der Waals surface area contributed by atoms with Crippen LogP contribution in [0.4, 0.5) is 11.4 Å². The van der Waals surface area contributed by atoms with E-state index in [0.717, 1.165) is 11.3 Å². The summed E-state index contributed by atoms with van der Waals surface area (Å²) in [6, 6.07) is 10.9. The number of rotatable bonds is 4. The van der Waals surface area contributed by atoms with Gasteiger partial charge in [-0.25, -0.2) is 0 Å². The average Bonchev–Trinajstić information content (AvgIpc) is 2.71. The molecule has 29 heavy (non-hydrogen) atoms. The Morgan fingerprint density at radius 1 is 1.31 bits per heavy atom. The number of hydrogen-bond acceptors (Lipinski definition) is 7. The van der Waals surface area contributed by atoms with Crippen LogP contribution in [-0.4, -0.2) is 26.8 Å². The molecule has 1 amide bonds. The van der Waals surface area contributed by atoms with Gasteiger partial charge in [0.15, 0.2) is 11.2 Å². The first-order chi connectivity index (χ1) is 14.0. The molecule has 0 radical (unpaired) electrons. The van der Waals surface area contributed by atoms with Crippen molar-refractivity contribution in [3.63, 3.8) is 0 Å². The first-order valence-electron chi connectivity index (χ1n) is 8.70. The Balaban J connectivity index is 1.85. The first kappa shape index (κ1) is 19.3. The average molecular weight is 430 g/mol. The summed E-state index contributed by atoms with van der Waals surface area (Å²) in [5.74, 6) is 0.344. The maximum Gasteiger partial charge on any atom is 0.269 e. The molecule has 0 saturated carbocycles. The van der Waals surface area contributed by atoms with E-state index in [2.05, 4.69) is 22.3 Å². The van der Waals surface area contributed by atoms with E-state index in [1.54, 1.807) is 11.1 Å². The normalized spacial score (nSPS) is 20.0. The number of non-ortho nitro benzene ring substituents is 1. The number of benzene rings is 2. The van der Waals surface area contributed by atoms with E-state index in [9.17, 15) is 14.9 Å². The van der Waals surface area contributed by atoms with Gasteiger partial charge in [-0.05, 0) is 12.1 Å². The monoisotopic (exact) mass is 429 g/mol. The number of thioether (sulfide) groups is 1. The molecule has 0 spiro atoms. The fourth-order valence-corrected chi connectivity index (χ4v) is 4.15. The van der Waals surface area contributed by atoms with Crippen LogP contribution in [0.25, 0.3) is 0 Å². The van der Waals surface area contributed by atoms with Gasteiger partial charge in [-0.2, -0.15) is 0 Å². The zero-order valence-corrected chi connectivity index (χ0v) is 16.6. The molecule has 0 fully saturated rings. The molecule has 148 valence electrons. The Kier molecular flexibility index (Phi) is 5.16. The molecule has 10 heteroatoms. The van der Waals surface area contributed by atoms with Crippen molar-refractivity contribution in [1.82, 2.24) is 10.3 Å². The number of fused-ring (bicyclic) bond motifs is 3. The van der Waals surface area contributed by atoms with Crippen molar-refractivity contribution < 1.29 is 9.72 Å². The smallest absolute Gasteiger partial charge is 0.269 e. The lowest BCUT2D eigenvalue weighted by Crippen LogP contribution is -2.51. The van der Waals surface area contributed by atoms with E-state index in [4.69, 9.17) is 11.6 Å². The maximum atomic E-state index is 13.0. The highest BCUT2D eigenvalue weighted by molar-refractivity contribution is 8.14. The van der Waals surface area contributed by atoms with E-state index < -0.39 is 17.1 Å². The third-order valence-corrected chi connectivity index (χ3v) is 5.79. The number of nitro benzene ring substituents is 1. The third-order valence-electron chi connectivity index (χ3n) is 4.58. The molecule has 2 atom stereocenters. The summed E-state index contributed by atoms with van der Waals surface area (Å²) < 4.78 is 0. The minimum Gasteiger partial charge on any atom is -0.360 e. The summed E-state index contributed by atoms with van der Waals surface area (Å²) in [5.41, 5.74) is 1.88. The second kappa shape index (κ2) is 7.76. The van der Waals surface area contributed by atoms with Crippen LogP contribution >= 0.6 is 23.4 Å². The SMILES string of the molecule is C=CCSC1=NN2[C@@H](c3cc([N+](=O)[O-])ccc3Cl)Nc3ccccc3[C@@H]2C(=O)N1. The fourth-order valence-electron chi connectivity index (χ4n) is 3.33. The van der Waals surface area contributed by atoms with Gasteiger partial charge in [0.1, 0.15) is 6.17 Å². The number of nitro groups is 1. The Hall–Kier alpha value is -3.04. The van der Waals surface area contributed by atoms with Gasteiger partial charge in [-0.3, -0.25) is 19.9 Å². The molecular formula is C19H16ClN5O3S. The van der Waals surface area contributed by atoms with Crippen molar-refractivity contribution >= 4 is 45.8 Å². The summed E-state index contributed by atoms with van der Waals surface area (Å²) in [5, 5.41) is 24.4. The van der Waals surface area contributed by atoms with Gasteiger partial charge in [-0.1, -0.05) is 47.6 Å². The quantitative estimate of drug-likeness (QED) is 0.432. The number of amides is 1. The number of nitrogens with zero attached hydrogens (tertiary/aromatic N) is 3. The van der Waals surface area contributed by atoms with Crippen molar-refractivity contribution in [1.29, 1.82) is 0 Å². The van der Waals surface area contributed by atoms with Crippen LogP contribution in [0.2, 0.25) is 5.02 Å². The predicted octanol–water partition coefficient (Wildman–Crippen LogP) is 4.04. The lowest BCUT2D eigenvalue weighted by molar-refractivity contribution is -0.384. The molecule has 2 aromatic rings. The van der Waals surface area contributed by atoms with E-state index in [1.807, 2.05) is 24.3 Å². The standard InChI is InChI=1S/C19H16ClN5O3S/c1-2-9-29-19-22-18(26)16-12-5-3-4-6-15(12)21-17(24(16)23-19)13-10-11(25(27)28)7-8-14(13)20/h2-8,10,16-17,21H,1,9H2,(H,22,23,26)/t16-,17+/m1/s1. The van der Waals surface area contributed by atoms with E-state index >= 15 is 0 Å². The van der Waals surface area contributed by atoms with Crippen LogP contribution in [0.5, 0.6) is 0 Å². The number of hydrogen-bond donors (Lipinski definition) is 2. The van der Waals surface area contributed by atoms with Gasteiger partial charge in [0, 0.05) is 39.7 Å². The summed E-state index contributed by atoms with van der Waals surface area (Å²) in [6.45, 7) is 3.68. The molecule has 0 saturated heterocycles. The van der Waals surface area contributed by atoms with Gasteiger partial charge >= 0.3 is 0 Å². The van der Waals surface area contributed by atoms with Crippen molar-refractivity contribution in [3.05, 3.63) is 81.4 Å². The van der Waals surface area contributed by atoms with Crippen molar-refractivity contribution in [2.24, 2.45) is 5.10 Å². The second-order valence-electron chi connectivity index (χ2n) is 6.37. The van der Waals surface area contributed by atoms with E-state index in [-0.39, 0.29) is 11.6 Å². The molecular weight excluding hydrogens is 414 g/mol. The van der Waals surface area contributed by atoms with Crippen LogP contribution in [0.15, 0.2) is 60.2 Å². The number of nitrogens with one attached hydrogen (secondary N) is 2. The highest BCUT2D eigenvalue weighted by atomic mass is 35.5. The lowest BCUT2D eigenvalue weighted by atomic mass is 9.97. The van der Waals surface area contributed by atoms with Crippen LogP contribution in [-0.2, 0) is 4.79 Å². The third kappa shape index (κ3) is 3.54. The molecule has 2 heterocycles. The second-order valence-corrected chi connectivity index (χ2v) is 7.79. The molecule has 2 aromatic carbocycles. The zero-order valence-electron chi connectivity index (χ0n) is 15.0. The van der Waals surface area contributed by atoms with Gasteiger partial charge in [0.05, 0.1) is 4.92 Å². The number of amidine groups is 1. The van der Waals surface area contributed by atoms with Crippen molar-refractivity contribution in [2.75, 3.05) is 11.1 Å². The maximum absolute atomic E-state index is 13.0. The fraction of sp³-hybridized carbons (Fsp3) is 0.158. The Morgan fingerprint density at radius 2 is 2.10 bits per heavy atom. The Labute approximate surface area is 175 Å². The highest BCUT2D eigenvalue weighted by Crippen LogP contribution is 2.44. The van der Waals surface area contributed by atoms with Gasteiger partial charge < -0.3 is 10.6 Å². The van der Waals surface area contributed by atoms with Crippen LogP contribution in [0.1, 0.15) is 23.3 Å². The number of halogens is 1. The number of carbonyl (C=O) groups is 1. The molecule has 8 nitrogen and oxygen atoms in total. The molecule has 0 aliphatic carbocycles. The highest BCUT2D eigenvalue weighted by Gasteiger charge is 2.42. The molecule has 0 aromatic heterocycles. The largest absolute Gasteiger partial charge is 0.360 e. The lowest BCUT2D eigenvalue weighted by Gasteiger charge is -2.43.